The van der Waals surface area contributed by atoms with Gasteiger partial charge in [0.2, 0.25) is 0 Å². The molecule has 10 heteroatoms. The fourth-order valence-electron chi connectivity index (χ4n) is 2.62. The molecule has 1 aliphatic heterocycles. The van der Waals surface area contributed by atoms with Gasteiger partial charge in [-0.15, -0.1) is 0 Å². The van der Waals surface area contributed by atoms with Gasteiger partial charge in [0.05, 0.1) is 12.0 Å². The first kappa shape index (κ1) is 22.2. The maximum Gasteiger partial charge on any atom is 0.323 e. The monoisotopic (exact) mass is 511 g/mol. The molecule has 0 radical (unpaired) electrons. The summed E-state index contributed by atoms with van der Waals surface area (Å²) >= 11 is 10.3. The van der Waals surface area contributed by atoms with Crippen molar-refractivity contribution in [1.82, 2.24) is 4.90 Å². The third-order valence-electron chi connectivity index (χ3n) is 4.08. The van der Waals surface area contributed by atoms with E-state index in [9.17, 15) is 14.4 Å². The van der Waals surface area contributed by atoms with E-state index < -0.39 is 23.7 Å². The first-order chi connectivity index (χ1) is 14.3. The molecule has 1 saturated heterocycles. The topological polar surface area (TPSA) is 93.1 Å². The standard InChI is InChI=1S/C20H15BrClNO6S/c1-28-15-6-12(7-17-19(26)23(9-18(24)25)20(27)30-17)13(21)8-16(15)29-10-11-4-2-3-5-14(11)22/h2-8H,9-10H2,1H3,(H,24,25)/b17-7+. The zero-order valence-corrected chi connectivity index (χ0v) is 18.7. The predicted molar refractivity (Wildman–Crippen MR) is 117 cm³/mol. The number of halogens is 2. The molecule has 0 unspecified atom stereocenters. The number of ether oxygens (including phenoxy) is 2. The van der Waals surface area contributed by atoms with Gasteiger partial charge in [-0.25, -0.2) is 0 Å². The van der Waals surface area contributed by atoms with Gasteiger partial charge in [0.15, 0.2) is 11.5 Å². The molecule has 30 heavy (non-hydrogen) atoms. The van der Waals surface area contributed by atoms with Crippen LogP contribution in [0.5, 0.6) is 11.5 Å². The Morgan fingerprint density at radius 2 is 2.00 bits per heavy atom. The van der Waals surface area contributed by atoms with Crippen molar-refractivity contribution in [2.45, 2.75) is 6.61 Å². The number of carbonyl (C=O) groups excluding carboxylic acids is 2. The normalized spacial score (nSPS) is 15.0. The second-order valence-corrected chi connectivity index (χ2v) is 8.32. The Morgan fingerprint density at radius 1 is 1.27 bits per heavy atom. The average molecular weight is 513 g/mol. The van der Waals surface area contributed by atoms with Gasteiger partial charge in [-0.3, -0.25) is 19.3 Å². The number of aliphatic carboxylic acids is 1. The van der Waals surface area contributed by atoms with E-state index in [0.717, 1.165) is 5.56 Å². The molecular formula is C20H15BrClNO6S. The molecule has 0 bridgehead atoms. The summed E-state index contributed by atoms with van der Waals surface area (Å²) in [6, 6.07) is 10.6. The van der Waals surface area contributed by atoms with E-state index >= 15 is 0 Å². The molecule has 1 heterocycles. The van der Waals surface area contributed by atoms with E-state index in [0.29, 0.717) is 43.2 Å². The van der Waals surface area contributed by atoms with Gasteiger partial charge < -0.3 is 14.6 Å². The number of hydrogen-bond donors (Lipinski definition) is 1. The van der Waals surface area contributed by atoms with Crippen molar-refractivity contribution in [2.24, 2.45) is 0 Å². The smallest absolute Gasteiger partial charge is 0.323 e. The summed E-state index contributed by atoms with van der Waals surface area (Å²) < 4.78 is 11.8. The Balaban J connectivity index is 1.84. The van der Waals surface area contributed by atoms with Crippen molar-refractivity contribution < 1.29 is 29.0 Å². The molecular weight excluding hydrogens is 498 g/mol. The average Bonchev–Trinajstić information content (AvgIpc) is 2.96. The second kappa shape index (κ2) is 9.55. The number of rotatable bonds is 7. The van der Waals surface area contributed by atoms with Gasteiger partial charge >= 0.3 is 5.97 Å². The van der Waals surface area contributed by atoms with Crippen LogP contribution in [0.3, 0.4) is 0 Å². The molecule has 0 atom stereocenters. The molecule has 0 spiro atoms. The molecule has 2 amide bonds. The SMILES string of the molecule is COc1cc(/C=C2/SC(=O)N(CC(=O)O)C2=O)c(Br)cc1OCc1ccccc1Cl. The Bertz CT molecular complexity index is 1060. The van der Waals surface area contributed by atoms with Gasteiger partial charge in [0.1, 0.15) is 13.2 Å². The molecule has 2 aromatic rings. The van der Waals surface area contributed by atoms with Crippen molar-refractivity contribution in [3.05, 3.63) is 61.9 Å². The zero-order chi connectivity index (χ0) is 21.8. The Labute approximate surface area is 189 Å². The lowest BCUT2D eigenvalue weighted by atomic mass is 10.1. The predicted octanol–water partition coefficient (Wildman–Crippen LogP) is 4.81. The minimum absolute atomic E-state index is 0.119. The lowest BCUT2D eigenvalue weighted by Gasteiger charge is -2.13. The van der Waals surface area contributed by atoms with Crippen LogP contribution in [0.1, 0.15) is 11.1 Å². The van der Waals surface area contributed by atoms with Crippen LogP contribution in [0, 0.1) is 0 Å². The molecule has 1 N–H and O–H groups in total. The number of nitrogens with zero attached hydrogens (tertiary/aromatic N) is 1. The van der Waals surface area contributed by atoms with Gasteiger partial charge in [-0.2, -0.15) is 0 Å². The summed E-state index contributed by atoms with van der Waals surface area (Å²) in [5, 5.41) is 8.82. The molecule has 0 aromatic heterocycles. The van der Waals surface area contributed by atoms with Crippen LogP contribution in [-0.4, -0.2) is 40.8 Å². The summed E-state index contributed by atoms with van der Waals surface area (Å²) in [7, 11) is 1.48. The lowest BCUT2D eigenvalue weighted by molar-refractivity contribution is -0.140. The largest absolute Gasteiger partial charge is 0.493 e. The summed E-state index contributed by atoms with van der Waals surface area (Å²) in [5.74, 6) is -1.04. The van der Waals surface area contributed by atoms with Crippen LogP contribution in [-0.2, 0) is 16.2 Å². The third kappa shape index (κ3) is 4.97. The Kier molecular flexibility index (Phi) is 7.06. The Hall–Kier alpha value is -2.49. The first-order valence-electron chi connectivity index (χ1n) is 8.51. The van der Waals surface area contributed by atoms with E-state index in [1.165, 1.54) is 13.2 Å². The van der Waals surface area contributed by atoms with Gasteiger partial charge in [0, 0.05) is 15.1 Å². The van der Waals surface area contributed by atoms with Crippen LogP contribution >= 0.6 is 39.3 Å². The quantitative estimate of drug-likeness (QED) is 0.532. The fourth-order valence-corrected chi connectivity index (χ4v) is 4.07. The Morgan fingerprint density at radius 3 is 2.67 bits per heavy atom. The summed E-state index contributed by atoms with van der Waals surface area (Å²) in [6.45, 7) is -0.447. The maximum atomic E-state index is 12.3. The van der Waals surface area contributed by atoms with E-state index in [4.69, 9.17) is 26.2 Å². The number of methoxy groups -OCH3 is 1. The van der Waals surface area contributed by atoms with Crippen molar-refractivity contribution in [3.8, 4) is 11.5 Å². The van der Waals surface area contributed by atoms with Crippen LogP contribution in [0.4, 0.5) is 4.79 Å². The maximum absolute atomic E-state index is 12.3. The van der Waals surface area contributed by atoms with Crippen molar-refractivity contribution in [3.63, 3.8) is 0 Å². The fraction of sp³-hybridized carbons (Fsp3) is 0.150. The highest BCUT2D eigenvalue weighted by atomic mass is 79.9. The highest BCUT2D eigenvalue weighted by Gasteiger charge is 2.36. The second-order valence-electron chi connectivity index (χ2n) is 6.07. The van der Waals surface area contributed by atoms with Crippen LogP contribution < -0.4 is 9.47 Å². The first-order valence-corrected chi connectivity index (χ1v) is 10.5. The van der Waals surface area contributed by atoms with Crippen LogP contribution in [0.15, 0.2) is 45.8 Å². The molecule has 156 valence electrons. The van der Waals surface area contributed by atoms with Crippen molar-refractivity contribution in [1.29, 1.82) is 0 Å². The number of benzene rings is 2. The van der Waals surface area contributed by atoms with Gasteiger partial charge in [-0.1, -0.05) is 45.7 Å². The highest BCUT2D eigenvalue weighted by Crippen LogP contribution is 2.38. The molecule has 1 fully saturated rings. The summed E-state index contributed by atoms with van der Waals surface area (Å²) in [4.78, 5) is 35.9. The third-order valence-corrected chi connectivity index (χ3v) is 6.04. The van der Waals surface area contributed by atoms with Crippen LogP contribution in [0.2, 0.25) is 5.02 Å². The zero-order valence-electron chi connectivity index (χ0n) is 15.6. The molecule has 2 aromatic carbocycles. The lowest BCUT2D eigenvalue weighted by Crippen LogP contribution is -2.33. The van der Waals surface area contributed by atoms with Gasteiger partial charge in [0.25, 0.3) is 11.1 Å². The van der Waals surface area contributed by atoms with Crippen LogP contribution in [0.25, 0.3) is 6.08 Å². The number of carboxylic acid groups (broad SMARTS) is 1. The highest BCUT2D eigenvalue weighted by molar-refractivity contribution is 9.10. The number of imide groups is 1. The van der Waals surface area contributed by atoms with E-state index in [2.05, 4.69) is 15.9 Å². The number of carboxylic acids is 1. The summed E-state index contributed by atoms with van der Waals surface area (Å²) in [6.07, 6.45) is 1.50. The van der Waals surface area contributed by atoms with Crippen molar-refractivity contribution >= 4 is 62.5 Å². The number of amides is 2. The summed E-state index contributed by atoms with van der Waals surface area (Å²) in [5.41, 5.74) is 1.38. The van der Waals surface area contributed by atoms with E-state index in [-0.39, 0.29) is 11.5 Å². The molecule has 1 aliphatic rings. The number of thioether (sulfide) groups is 1. The van der Waals surface area contributed by atoms with Crippen molar-refractivity contribution in [2.75, 3.05) is 13.7 Å². The minimum atomic E-state index is -1.26. The molecule has 3 rings (SSSR count). The molecule has 7 nitrogen and oxygen atoms in total. The number of hydrogen-bond acceptors (Lipinski definition) is 6. The van der Waals surface area contributed by atoms with E-state index in [1.807, 2.05) is 18.2 Å². The molecule has 0 aliphatic carbocycles. The number of carbonyl (C=O) groups is 3. The minimum Gasteiger partial charge on any atom is -0.493 e. The van der Waals surface area contributed by atoms with E-state index in [1.54, 1.807) is 18.2 Å². The van der Waals surface area contributed by atoms with Gasteiger partial charge in [-0.05, 0) is 41.6 Å². The molecule has 0 saturated carbocycles.